The van der Waals surface area contributed by atoms with Gasteiger partial charge >= 0.3 is 5.97 Å². The van der Waals surface area contributed by atoms with Crippen LogP contribution in [0.1, 0.15) is 25.3 Å². The van der Waals surface area contributed by atoms with Gasteiger partial charge in [-0.15, -0.1) is 0 Å². The lowest BCUT2D eigenvalue weighted by molar-refractivity contribution is -0.174. The molecule has 1 amide bonds. The maximum absolute atomic E-state index is 12.4. The highest BCUT2D eigenvalue weighted by Crippen LogP contribution is 2.27. The molecule has 1 atom stereocenters. The number of carbonyl (C=O) groups excluding carboxylic acids is 1. The van der Waals surface area contributed by atoms with Crippen LogP contribution in [0.15, 0.2) is 24.3 Å². The number of carbonyl (C=O) groups is 2. The molecular weight excluding hydrogens is 318 g/mol. The minimum Gasteiger partial charge on any atom is -0.479 e. The Balaban J connectivity index is 1.95. The molecule has 0 aromatic heterocycles. The van der Waals surface area contributed by atoms with Crippen molar-refractivity contribution in [3.8, 4) is 0 Å². The third kappa shape index (κ3) is 3.85. The Kier molecular flexibility index (Phi) is 5.65. The Labute approximate surface area is 141 Å². The first kappa shape index (κ1) is 17.8. The van der Waals surface area contributed by atoms with Crippen molar-refractivity contribution in [2.45, 2.75) is 31.8 Å². The molecule has 1 aliphatic rings. The van der Waals surface area contributed by atoms with Crippen molar-refractivity contribution >= 4 is 23.5 Å². The summed E-state index contributed by atoms with van der Waals surface area (Å²) in [4.78, 5) is 25.3. The van der Waals surface area contributed by atoms with Crippen molar-refractivity contribution in [1.82, 2.24) is 4.90 Å². The van der Waals surface area contributed by atoms with Crippen LogP contribution < -0.4 is 0 Å². The van der Waals surface area contributed by atoms with Crippen LogP contribution in [0.25, 0.3) is 0 Å². The first-order valence-electron chi connectivity index (χ1n) is 7.69. The molecule has 0 spiro atoms. The van der Waals surface area contributed by atoms with Crippen LogP contribution in [-0.2, 0) is 20.7 Å². The lowest BCUT2D eigenvalue weighted by Gasteiger charge is -2.36. The topological polar surface area (TPSA) is 66.8 Å². The predicted octanol–water partition coefficient (Wildman–Crippen LogP) is 2.61. The summed E-state index contributed by atoms with van der Waals surface area (Å²) in [7, 11) is 1.25. The SMILES string of the molecule is COC(C)(C(=O)O)C(=O)N1CCC(Cc2ccccc2Cl)CC1. The van der Waals surface area contributed by atoms with Crippen LogP contribution in [0.2, 0.25) is 5.02 Å². The van der Waals surface area contributed by atoms with E-state index in [0.29, 0.717) is 19.0 Å². The fourth-order valence-electron chi connectivity index (χ4n) is 2.88. The molecule has 126 valence electrons. The third-order valence-electron chi connectivity index (χ3n) is 4.59. The number of likely N-dealkylation sites (tertiary alicyclic amines) is 1. The average molecular weight is 340 g/mol. The van der Waals surface area contributed by atoms with Gasteiger partial charge in [0.1, 0.15) is 0 Å². The summed E-state index contributed by atoms with van der Waals surface area (Å²) in [6.45, 7) is 2.38. The monoisotopic (exact) mass is 339 g/mol. The fourth-order valence-corrected chi connectivity index (χ4v) is 3.10. The molecule has 1 aromatic rings. The van der Waals surface area contributed by atoms with E-state index in [4.69, 9.17) is 16.3 Å². The quantitative estimate of drug-likeness (QED) is 0.837. The average Bonchev–Trinajstić information content (AvgIpc) is 2.56. The number of benzene rings is 1. The second-order valence-electron chi connectivity index (χ2n) is 6.07. The zero-order chi connectivity index (χ0) is 17.0. The molecule has 1 N–H and O–H groups in total. The van der Waals surface area contributed by atoms with Gasteiger partial charge < -0.3 is 14.7 Å². The van der Waals surface area contributed by atoms with Crippen LogP contribution >= 0.6 is 11.6 Å². The Morgan fingerprint density at radius 1 is 1.35 bits per heavy atom. The highest BCUT2D eigenvalue weighted by molar-refractivity contribution is 6.31. The number of ether oxygens (including phenoxy) is 1. The molecule has 1 fully saturated rings. The lowest BCUT2D eigenvalue weighted by atomic mass is 9.89. The zero-order valence-electron chi connectivity index (χ0n) is 13.4. The van der Waals surface area contributed by atoms with Gasteiger partial charge in [-0.3, -0.25) is 4.79 Å². The van der Waals surface area contributed by atoms with E-state index in [-0.39, 0.29) is 0 Å². The Bertz CT molecular complexity index is 584. The second-order valence-corrected chi connectivity index (χ2v) is 6.48. The Morgan fingerprint density at radius 2 is 1.96 bits per heavy atom. The van der Waals surface area contributed by atoms with Crippen molar-refractivity contribution in [2.24, 2.45) is 5.92 Å². The number of nitrogens with zero attached hydrogens (tertiary/aromatic N) is 1. The van der Waals surface area contributed by atoms with E-state index < -0.39 is 17.5 Å². The van der Waals surface area contributed by atoms with Crippen LogP contribution in [0.5, 0.6) is 0 Å². The predicted molar refractivity (Wildman–Crippen MR) is 87.5 cm³/mol. The van der Waals surface area contributed by atoms with Gasteiger partial charge in [0.2, 0.25) is 5.60 Å². The highest BCUT2D eigenvalue weighted by atomic mass is 35.5. The molecule has 0 radical (unpaired) electrons. The number of halogens is 1. The number of aliphatic carboxylic acids is 1. The molecule has 5 nitrogen and oxygen atoms in total. The van der Waals surface area contributed by atoms with E-state index in [0.717, 1.165) is 29.8 Å². The number of piperidine rings is 1. The van der Waals surface area contributed by atoms with Gasteiger partial charge in [0.15, 0.2) is 0 Å². The van der Waals surface area contributed by atoms with Gasteiger partial charge in [-0.25, -0.2) is 4.79 Å². The standard InChI is InChI=1S/C17H22ClNO4/c1-17(23-2,16(21)22)15(20)19-9-7-12(8-10-19)11-13-5-3-4-6-14(13)18/h3-6,12H,7-11H2,1-2H3,(H,21,22). The first-order valence-corrected chi connectivity index (χ1v) is 8.07. The van der Waals surface area contributed by atoms with E-state index in [1.54, 1.807) is 4.90 Å². The smallest absolute Gasteiger partial charge is 0.345 e. The maximum Gasteiger partial charge on any atom is 0.345 e. The first-order chi connectivity index (χ1) is 10.9. The molecule has 0 bridgehead atoms. The third-order valence-corrected chi connectivity index (χ3v) is 4.96. The molecule has 1 unspecified atom stereocenters. The van der Waals surface area contributed by atoms with E-state index in [2.05, 4.69) is 0 Å². The molecule has 1 saturated heterocycles. The van der Waals surface area contributed by atoms with Crippen molar-refractivity contribution in [3.63, 3.8) is 0 Å². The minimum absolute atomic E-state index is 0.442. The number of methoxy groups -OCH3 is 1. The number of hydrogen-bond acceptors (Lipinski definition) is 3. The van der Waals surface area contributed by atoms with Gasteiger partial charge in [-0.05, 0) is 43.7 Å². The number of rotatable bonds is 5. The number of hydrogen-bond donors (Lipinski definition) is 1. The number of amides is 1. The largest absolute Gasteiger partial charge is 0.479 e. The molecule has 2 rings (SSSR count). The van der Waals surface area contributed by atoms with E-state index in [9.17, 15) is 14.7 Å². The van der Waals surface area contributed by atoms with E-state index in [1.807, 2.05) is 24.3 Å². The summed E-state index contributed by atoms with van der Waals surface area (Å²) in [6.07, 6.45) is 2.54. The Morgan fingerprint density at radius 3 is 2.48 bits per heavy atom. The molecule has 0 saturated carbocycles. The summed E-state index contributed by atoms with van der Waals surface area (Å²) < 4.78 is 4.94. The summed E-state index contributed by atoms with van der Waals surface area (Å²) in [5.41, 5.74) is -0.693. The lowest BCUT2D eigenvalue weighted by Crippen LogP contribution is -2.55. The van der Waals surface area contributed by atoms with Crippen LogP contribution in [0.4, 0.5) is 0 Å². The van der Waals surface area contributed by atoms with Crippen molar-refractivity contribution in [1.29, 1.82) is 0 Å². The van der Waals surface area contributed by atoms with Crippen molar-refractivity contribution < 1.29 is 19.4 Å². The summed E-state index contributed by atoms with van der Waals surface area (Å²) in [6, 6.07) is 7.78. The number of carboxylic acids is 1. The van der Waals surface area contributed by atoms with Crippen LogP contribution in [0, 0.1) is 5.92 Å². The molecular formula is C17H22ClNO4. The van der Waals surface area contributed by atoms with Crippen molar-refractivity contribution in [3.05, 3.63) is 34.9 Å². The normalized spacial score (nSPS) is 18.5. The van der Waals surface area contributed by atoms with Gasteiger partial charge in [-0.1, -0.05) is 29.8 Å². The summed E-state index contributed by atoms with van der Waals surface area (Å²) in [5.74, 6) is -1.30. The van der Waals surface area contributed by atoms with Crippen molar-refractivity contribution in [2.75, 3.05) is 20.2 Å². The maximum atomic E-state index is 12.4. The van der Waals surface area contributed by atoms with Crippen LogP contribution in [0.3, 0.4) is 0 Å². The molecule has 1 aromatic carbocycles. The van der Waals surface area contributed by atoms with E-state index in [1.165, 1.54) is 14.0 Å². The summed E-state index contributed by atoms with van der Waals surface area (Å²) in [5, 5.41) is 9.99. The molecule has 1 aliphatic heterocycles. The summed E-state index contributed by atoms with van der Waals surface area (Å²) >= 11 is 6.19. The fraction of sp³-hybridized carbons (Fsp3) is 0.529. The Hall–Kier alpha value is -1.59. The van der Waals surface area contributed by atoms with Gasteiger partial charge in [0.05, 0.1) is 0 Å². The van der Waals surface area contributed by atoms with Gasteiger partial charge in [0.25, 0.3) is 5.91 Å². The molecule has 1 heterocycles. The van der Waals surface area contributed by atoms with Crippen LogP contribution in [-0.4, -0.2) is 47.7 Å². The van der Waals surface area contributed by atoms with Gasteiger partial charge in [-0.2, -0.15) is 0 Å². The minimum atomic E-state index is -1.81. The second kappa shape index (κ2) is 7.32. The van der Waals surface area contributed by atoms with E-state index >= 15 is 0 Å². The highest BCUT2D eigenvalue weighted by Gasteiger charge is 2.45. The number of carboxylic acid groups (broad SMARTS) is 1. The molecule has 6 heteroatoms. The van der Waals surface area contributed by atoms with Gasteiger partial charge in [0, 0.05) is 25.2 Å². The zero-order valence-corrected chi connectivity index (χ0v) is 14.2. The molecule has 23 heavy (non-hydrogen) atoms. The molecule has 0 aliphatic carbocycles.